The highest BCUT2D eigenvalue weighted by molar-refractivity contribution is 6.03. The maximum Gasteiger partial charge on any atom is 0.274 e. The molecule has 4 N–H and O–H groups in total. The van der Waals surface area contributed by atoms with Crippen molar-refractivity contribution in [2.24, 2.45) is 10.9 Å². The molecule has 2 aromatic rings. The van der Waals surface area contributed by atoms with Crippen molar-refractivity contribution in [1.82, 2.24) is 4.98 Å². The maximum absolute atomic E-state index is 13.4. The van der Waals surface area contributed by atoms with Crippen LogP contribution >= 0.6 is 0 Å². The van der Waals surface area contributed by atoms with E-state index in [4.69, 9.17) is 10.9 Å². The average Bonchev–Trinajstić information content (AvgIpc) is 2.51. The maximum atomic E-state index is 13.4. The Kier molecular flexibility index (Phi) is 4.07. The Balaban J connectivity index is 2.19. The number of aromatic nitrogens is 1. The molecule has 0 aliphatic rings. The number of rotatable bonds is 3. The van der Waals surface area contributed by atoms with Crippen LogP contribution < -0.4 is 11.1 Å². The number of oxime groups is 1. The van der Waals surface area contributed by atoms with Crippen molar-refractivity contribution in [2.75, 3.05) is 5.32 Å². The minimum atomic E-state index is -1.15. The minimum absolute atomic E-state index is 0.0341. The number of hydrogen-bond donors (Lipinski definition) is 3. The number of nitrogens with two attached hydrogens (primary N) is 1. The van der Waals surface area contributed by atoms with Crippen molar-refractivity contribution in [3.05, 3.63) is 59.4 Å². The molecule has 0 bridgehead atoms. The van der Waals surface area contributed by atoms with Crippen molar-refractivity contribution in [3.8, 4) is 0 Å². The van der Waals surface area contributed by atoms with Gasteiger partial charge in [-0.2, -0.15) is 0 Å². The lowest BCUT2D eigenvalue weighted by molar-refractivity contribution is 0.102. The Morgan fingerprint density at radius 3 is 2.67 bits per heavy atom. The number of carbonyl (C=O) groups excluding carboxylic acids is 1. The number of anilines is 1. The summed E-state index contributed by atoms with van der Waals surface area (Å²) in [6.07, 6.45) is 1.21. The number of halogens is 2. The third-order valence-corrected chi connectivity index (χ3v) is 2.60. The van der Waals surface area contributed by atoms with Gasteiger partial charge in [0.05, 0.1) is 5.69 Å². The minimum Gasteiger partial charge on any atom is -0.409 e. The number of carbonyl (C=O) groups is 1. The van der Waals surface area contributed by atoms with E-state index in [1.54, 1.807) is 0 Å². The van der Waals surface area contributed by atoms with Gasteiger partial charge in [0.25, 0.3) is 5.91 Å². The number of benzene rings is 1. The summed E-state index contributed by atoms with van der Waals surface area (Å²) in [5, 5.41) is 13.5. The molecule has 0 radical (unpaired) electrons. The van der Waals surface area contributed by atoms with Crippen LogP contribution in [-0.2, 0) is 0 Å². The van der Waals surface area contributed by atoms with E-state index in [0.717, 1.165) is 6.07 Å². The summed E-state index contributed by atoms with van der Waals surface area (Å²) in [7, 11) is 0. The van der Waals surface area contributed by atoms with Crippen LogP contribution in [0.1, 0.15) is 16.1 Å². The van der Waals surface area contributed by atoms with Gasteiger partial charge in [-0.1, -0.05) is 11.2 Å². The lowest BCUT2D eigenvalue weighted by atomic mass is 10.2. The summed E-state index contributed by atoms with van der Waals surface area (Å²) in [6.45, 7) is 0. The molecule has 1 amide bonds. The van der Waals surface area contributed by atoms with Gasteiger partial charge < -0.3 is 16.3 Å². The molecule has 0 unspecified atom stereocenters. The molecule has 0 saturated heterocycles. The first kappa shape index (κ1) is 14.4. The lowest BCUT2D eigenvalue weighted by Crippen LogP contribution is -2.17. The zero-order valence-electron chi connectivity index (χ0n) is 10.5. The second-order valence-electron chi connectivity index (χ2n) is 3.97. The van der Waals surface area contributed by atoms with Gasteiger partial charge in [0.2, 0.25) is 0 Å². The molecule has 108 valence electrons. The zero-order valence-corrected chi connectivity index (χ0v) is 10.5. The van der Waals surface area contributed by atoms with Crippen molar-refractivity contribution >= 4 is 17.4 Å². The zero-order chi connectivity index (χ0) is 15.4. The van der Waals surface area contributed by atoms with Crippen molar-refractivity contribution in [1.29, 1.82) is 0 Å². The molecule has 2 rings (SSSR count). The molecule has 1 aromatic carbocycles. The summed E-state index contributed by atoms with van der Waals surface area (Å²) in [5.74, 6) is -3.10. The van der Waals surface area contributed by atoms with Gasteiger partial charge in [0.1, 0.15) is 5.69 Å². The molecule has 1 heterocycles. The van der Waals surface area contributed by atoms with Gasteiger partial charge in [0, 0.05) is 11.8 Å². The third kappa shape index (κ3) is 3.11. The molecule has 0 saturated carbocycles. The SMILES string of the molecule is NC(=NO)c1ccc(C(=O)Nc2cccc(F)c2F)nc1. The molecular formula is C13H10F2N4O2. The van der Waals surface area contributed by atoms with Gasteiger partial charge in [-0.05, 0) is 24.3 Å². The summed E-state index contributed by atoms with van der Waals surface area (Å²) >= 11 is 0. The van der Waals surface area contributed by atoms with Gasteiger partial charge in [-0.25, -0.2) is 8.78 Å². The Labute approximate surface area is 117 Å². The lowest BCUT2D eigenvalue weighted by Gasteiger charge is -2.06. The fourth-order valence-corrected chi connectivity index (χ4v) is 1.52. The smallest absolute Gasteiger partial charge is 0.274 e. The predicted molar refractivity (Wildman–Crippen MR) is 71.1 cm³/mol. The highest BCUT2D eigenvalue weighted by Crippen LogP contribution is 2.17. The van der Waals surface area contributed by atoms with E-state index >= 15 is 0 Å². The van der Waals surface area contributed by atoms with E-state index in [-0.39, 0.29) is 17.2 Å². The van der Waals surface area contributed by atoms with Crippen LogP contribution in [0.3, 0.4) is 0 Å². The number of nitrogens with one attached hydrogen (secondary N) is 1. The summed E-state index contributed by atoms with van der Waals surface area (Å²) in [6, 6.07) is 6.14. The monoisotopic (exact) mass is 292 g/mol. The molecule has 6 nitrogen and oxygen atoms in total. The second-order valence-corrected chi connectivity index (χ2v) is 3.97. The summed E-state index contributed by atoms with van der Waals surface area (Å²) < 4.78 is 26.4. The third-order valence-electron chi connectivity index (χ3n) is 2.60. The van der Waals surface area contributed by atoms with Crippen LogP contribution in [0.15, 0.2) is 41.7 Å². The van der Waals surface area contributed by atoms with Crippen LogP contribution in [0.4, 0.5) is 14.5 Å². The van der Waals surface area contributed by atoms with E-state index in [9.17, 15) is 13.6 Å². The second kappa shape index (κ2) is 5.95. The Morgan fingerprint density at radius 2 is 2.05 bits per heavy atom. The summed E-state index contributed by atoms with van der Waals surface area (Å²) in [5.41, 5.74) is 5.34. The number of nitrogens with zero attached hydrogens (tertiary/aromatic N) is 2. The first-order chi connectivity index (χ1) is 10.0. The van der Waals surface area contributed by atoms with E-state index in [1.807, 2.05) is 0 Å². The number of pyridine rings is 1. The van der Waals surface area contributed by atoms with Crippen molar-refractivity contribution < 1.29 is 18.8 Å². The molecule has 1 aromatic heterocycles. The average molecular weight is 292 g/mol. The molecule has 0 aliphatic heterocycles. The number of amides is 1. The van der Waals surface area contributed by atoms with Gasteiger partial charge in [-0.15, -0.1) is 0 Å². The van der Waals surface area contributed by atoms with Gasteiger partial charge in [0.15, 0.2) is 17.5 Å². The molecule has 0 aliphatic carbocycles. The molecule has 0 spiro atoms. The van der Waals surface area contributed by atoms with Gasteiger partial charge in [-0.3, -0.25) is 9.78 Å². The highest BCUT2D eigenvalue weighted by atomic mass is 19.2. The quantitative estimate of drug-likeness (QED) is 0.347. The van der Waals surface area contributed by atoms with Gasteiger partial charge >= 0.3 is 0 Å². The Bertz CT molecular complexity index is 702. The van der Waals surface area contributed by atoms with Crippen LogP contribution in [0.25, 0.3) is 0 Å². The van der Waals surface area contributed by atoms with Crippen LogP contribution in [0.5, 0.6) is 0 Å². The van der Waals surface area contributed by atoms with Crippen molar-refractivity contribution in [2.45, 2.75) is 0 Å². The molecule has 21 heavy (non-hydrogen) atoms. The highest BCUT2D eigenvalue weighted by Gasteiger charge is 2.13. The largest absolute Gasteiger partial charge is 0.409 e. The van der Waals surface area contributed by atoms with Crippen LogP contribution in [0, 0.1) is 11.6 Å². The Morgan fingerprint density at radius 1 is 1.29 bits per heavy atom. The first-order valence-electron chi connectivity index (χ1n) is 5.72. The number of hydrogen-bond acceptors (Lipinski definition) is 4. The summed E-state index contributed by atoms with van der Waals surface area (Å²) in [4.78, 5) is 15.7. The molecular weight excluding hydrogens is 282 g/mol. The van der Waals surface area contributed by atoms with E-state index < -0.39 is 17.5 Å². The molecule has 8 heteroatoms. The normalized spacial score (nSPS) is 11.2. The van der Waals surface area contributed by atoms with E-state index in [1.165, 1.54) is 30.5 Å². The molecule has 0 fully saturated rings. The first-order valence-corrected chi connectivity index (χ1v) is 5.72. The van der Waals surface area contributed by atoms with E-state index in [0.29, 0.717) is 5.56 Å². The van der Waals surface area contributed by atoms with Crippen LogP contribution in [0.2, 0.25) is 0 Å². The molecule has 0 atom stereocenters. The van der Waals surface area contributed by atoms with Crippen LogP contribution in [-0.4, -0.2) is 21.9 Å². The standard InChI is InChI=1S/C13H10F2N4O2/c14-8-2-1-3-9(11(8)15)18-13(20)10-5-4-7(6-17-10)12(16)19-21/h1-6,21H,(H2,16,19)(H,18,20). The fraction of sp³-hybridized carbons (Fsp3) is 0. The predicted octanol–water partition coefficient (Wildman–Crippen LogP) is 1.71. The van der Waals surface area contributed by atoms with E-state index in [2.05, 4.69) is 15.5 Å². The topological polar surface area (TPSA) is 101 Å². The number of amidine groups is 1. The Hall–Kier alpha value is -3.03. The van der Waals surface area contributed by atoms with Crippen molar-refractivity contribution in [3.63, 3.8) is 0 Å². The fourth-order valence-electron chi connectivity index (χ4n) is 1.52.